The van der Waals surface area contributed by atoms with Crippen molar-refractivity contribution in [1.29, 1.82) is 5.26 Å². The molecule has 170 valence electrons. The summed E-state index contributed by atoms with van der Waals surface area (Å²) in [6.07, 6.45) is -4.11. The number of nitriles is 1. The maximum absolute atomic E-state index is 13.3. The van der Waals surface area contributed by atoms with Gasteiger partial charge in [-0.1, -0.05) is 36.9 Å². The number of benzene rings is 1. The molecule has 2 rings (SSSR count). The highest BCUT2D eigenvalue weighted by Gasteiger charge is 2.35. The number of nitrogens with zero attached hydrogens (tertiary/aromatic N) is 3. The molecular formula is C22H23F3N4O2S. The molecule has 0 saturated carbocycles. The summed E-state index contributed by atoms with van der Waals surface area (Å²) in [5, 5.41) is 11.8. The fourth-order valence-corrected chi connectivity index (χ4v) is 3.89. The Morgan fingerprint density at radius 2 is 1.94 bits per heavy atom. The molecule has 1 aromatic heterocycles. The number of anilines is 1. The fraction of sp³-hybridized carbons (Fsp3) is 0.364. The Balaban J connectivity index is 2.12. The van der Waals surface area contributed by atoms with Crippen LogP contribution in [0.4, 0.5) is 18.9 Å². The van der Waals surface area contributed by atoms with Gasteiger partial charge in [0.2, 0.25) is 11.8 Å². The Labute approximate surface area is 188 Å². The van der Waals surface area contributed by atoms with Crippen LogP contribution in [0.1, 0.15) is 35.7 Å². The molecule has 0 unspecified atom stereocenters. The van der Waals surface area contributed by atoms with Gasteiger partial charge in [0.25, 0.3) is 0 Å². The van der Waals surface area contributed by atoms with Crippen LogP contribution < -0.4 is 5.32 Å². The van der Waals surface area contributed by atoms with E-state index in [9.17, 15) is 28.0 Å². The number of carbonyl (C=O) groups excluding carboxylic acids is 2. The summed E-state index contributed by atoms with van der Waals surface area (Å²) in [6, 6.07) is 9.58. The van der Waals surface area contributed by atoms with E-state index in [0.29, 0.717) is 18.7 Å². The van der Waals surface area contributed by atoms with Crippen LogP contribution >= 0.6 is 11.8 Å². The largest absolute Gasteiger partial charge is 0.417 e. The SMILES string of the molecule is CCCN(CC(=O)Nc1ccccc1C)C(=O)CSc1nc(C)cc(C(F)(F)F)c1C#N. The second kappa shape index (κ2) is 11.0. The topological polar surface area (TPSA) is 86.1 Å². The van der Waals surface area contributed by atoms with Crippen LogP contribution in [0, 0.1) is 25.2 Å². The summed E-state index contributed by atoms with van der Waals surface area (Å²) in [7, 11) is 0. The Bertz CT molecular complexity index is 1030. The van der Waals surface area contributed by atoms with E-state index in [0.717, 1.165) is 23.4 Å². The summed E-state index contributed by atoms with van der Waals surface area (Å²) < 4.78 is 39.8. The lowest BCUT2D eigenvalue weighted by molar-refractivity contribution is -0.138. The fourth-order valence-electron chi connectivity index (χ4n) is 2.94. The maximum Gasteiger partial charge on any atom is 0.417 e. The molecule has 0 spiro atoms. The van der Waals surface area contributed by atoms with Gasteiger partial charge in [0.15, 0.2) is 0 Å². The number of hydrogen-bond acceptors (Lipinski definition) is 5. The van der Waals surface area contributed by atoms with Crippen LogP contribution in [0.2, 0.25) is 0 Å². The first-order valence-electron chi connectivity index (χ1n) is 9.81. The molecule has 10 heteroatoms. The average Bonchev–Trinajstić information content (AvgIpc) is 2.72. The first kappa shape index (κ1) is 25.2. The predicted molar refractivity (Wildman–Crippen MR) is 116 cm³/mol. The van der Waals surface area contributed by atoms with Gasteiger partial charge in [-0.25, -0.2) is 4.98 Å². The molecule has 0 atom stereocenters. The number of thioether (sulfide) groups is 1. The lowest BCUT2D eigenvalue weighted by Gasteiger charge is -2.22. The molecule has 0 aliphatic carbocycles. The summed E-state index contributed by atoms with van der Waals surface area (Å²) >= 11 is 0.755. The number of carbonyl (C=O) groups is 2. The highest BCUT2D eigenvalue weighted by molar-refractivity contribution is 8.00. The minimum atomic E-state index is -4.71. The van der Waals surface area contributed by atoms with E-state index >= 15 is 0 Å². The van der Waals surface area contributed by atoms with E-state index in [-0.39, 0.29) is 28.9 Å². The number of para-hydroxylation sites is 1. The van der Waals surface area contributed by atoms with Crippen LogP contribution in [0.3, 0.4) is 0 Å². The quantitative estimate of drug-likeness (QED) is 0.579. The number of pyridine rings is 1. The maximum atomic E-state index is 13.3. The molecular weight excluding hydrogens is 441 g/mol. The zero-order valence-corrected chi connectivity index (χ0v) is 18.7. The van der Waals surface area contributed by atoms with Crippen molar-refractivity contribution in [2.45, 2.75) is 38.4 Å². The highest BCUT2D eigenvalue weighted by atomic mass is 32.2. The average molecular weight is 465 g/mol. The third-order valence-electron chi connectivity index (χ3n) is 4.46. The van der Waals surface area contributed by atoms with E-state index in [1.165, 1.54) is 11.8 Å². The molecule has 2 aromatic rings. The molecule has 0 fully saturated rings. The Morgan fingerprint density at radius 3 is 2.53 bits per heavy atom. The normalized spacial score (nSPS) is 11.0. The predicted octanol–water partition coefficient (Wildman–Crippen LogP) is 4.56. The van der Waals surface area contributed by atoms with Crippen molar-refractivity contribution in [1.82, 2.24) is 9.88 Å². The van der Waals surface area contributed by atoms with Crippen LogP contribution in [0.25, 0.3) is 0 Å². The van der Waals surface area contributed by atoms with Crippen LogP contribution in [-0.4, -0.2) is 40.5 Å². The van der Waals surface area contributed by atoms with Crippen molar-refractivity contribution >= 4 is 29.3 Å². The van der Waals surface area contributed by atoms with E-state index < -0.39 is 23.2 Å². The standard InChI is InChI=1S/C22H23F3N4O2S/c1-4-9-29(12-19(30)28-18-8-6-5-7-14(18)2)20(31)13-32-21-16(11-26)17(22(23,24)25)10-15(3)27-21/h5-8,10H,4,9,12-13H2,1-3H3,(H,28,30). The third kappa shape index (κ3) is 6.72. The second-order valence-corrected chi connectivity index (χ2v) is 8.03. The molecule has 1 N–H and O–H groups in total. The lowest BCUT2D eigenvalue weighted by Crippen LogP contribution is -2.39. The number of alkyl halides is 3. The van der Waals surface area contributed by atoms with Crippen LogP contribution in [-0.2, 0) is 15.8 Å². The van der Waals surface area contributed by atoms with E-state index in [2.05, 4.69) is 10.3 Å². The van der Waals surface area contributed by atoms with Gasteiger partial charge in [0.05, 0.1) is 23.4 Å². The van der Waals surface area contributed by atoms with Crippen molar-refractivity contribution in [2.75, 3.05) is 24.2 Å². The molecule has 1 aromatic carbocycles. The lowest BCUT2D eigenvalue weighted by atomic mass is 10.1. The minimum Gasteiger partial charge on any atom is -0.333 e. The number of halogens is 3. The van der Waals surface area contributed by atoms with Crippen molar-refractivity contribution in [3.05, 3.63) is 52.7 Å². The molecule has 0 aliphatic heterocycles. The van der Waals surface area contributed by atoms with E-state index in [1.807, 2.05) is 26.0 Å². The zero-order valence-electron chi connectivity index (χ0n) is 17.9. The number of nitrogens with one attached hydrogen (secondary N) is 1. The smallest absolute Gasteiger partial charge is 0.333 e. The molecule has 1 heterocycles. The molecule has 0 saturated heterocycles. The molecule has 0 bridgehead atoms. The summed E-state index contributed by atoms with van der Waals surface area (Å²) in [6.45, 7) is 5.19. The van der Waals surface area contributed by atoms with Gasteiger partial charge in [0.1, 0.15) is 11.1 Å². The van der Waals surface area contributed by atoms with Gasteiger partial charge in [-0.05, 0) is 38.0 Å². The Morgan fingerprint density at radius 1 is 1.25 bits per heavy atom. The van der Waals surface area contributed by atoms with Crippen molar-refractivity contribution in [2.24, 2.45) is 0 Å². The minimum absolute atomic E-state index is 0.0919. The summed E-state index contributed by atoms with van der Waals surface area (Å²) in [5.74, 6) is -1.06. The monoisotopic (exact) mass is 464 g/mol. The van der Waals surface area contributed by atoms with Crippen molar-refractivity contribution in [3.8, 4) is 6.07 Å². The number of rotatable bonds is 8. The van der Waals surface area contributed by atoms with Crippen molar-refractivity contribution < 1.29 is 22.8 Å². The molecule has 2 amide bonds. The van der Waals surface area contributed by atoms with Gasteiger partial charge >= 0.3 is 6.18 Å². The van der Waals surface area contributed by atoms with E-state index in [4.69, 9.17) is 0 Å². The molecule has 32 heavy (non-hydrogen) atoms. The molecule has 0 radical (unpaired) electrons. The summed E-state index contributed by atoms with van der Waals surface area (Å²) in [4.78, 5) is 30.5. The third-order valence-corrected chi connectivity index (χ3v) is 5.42. The van der Waals surface area contributed by atoms with Crippen molar-refractivity contribution in [3.63, 3.8) is 0 Å². The van der Waals surface area contributed by atoms with Gasteiger partial charge in [-0.2, -0.15) is 18.4 Å². The van der Waals surface area contributed by atoms with E-state index in [1.54, 1.807) is 18.2 Å². The number of aryl methyl sites for hydroxylation is 2. The second-order valence-electron chi connectivity index (χ2n) is 7.07. The van der Waals surface area contributed by atoms with Gasteiger partial charge < -0.3 is 10.2 Å². The Kier molecular flexibility index (Phi) is 8.66. The first-order chi connectivity index (χ1) is 15.1. The van der Waals surface area contributed by atoms with Gasteiger partial charge in [0, 0.05) is 17.9 Å². The van der Waals surface area contributed by atoms with Gasteiger partial charge in [-0.15, -0.1) is 0 Å². The number of amides is 2. The first-order valence-corrected chi connectivity index (χ1v) is 10.8. The van der Waals surface area contributed by atoms with Gasteiger partial charge in [-0.3, -0.25) is 9.59 Å². The van der Waals surface area contributed by atoms with Crippen LogP contribution in [0.5, 0.6) is 0 Å². The summed E-state index contributed by atoms with van der Waals surface area (Å²) in [5.41, 5.74) is -0.0853. The van der Waals surface area contributed by atoms with Crippen LogP contribution in [0.15, 0.2) is 35.4 Å². The number of aromatic nitrogens is 1. The molecule has 0 aliphatic rings. The number of hydrogen-bond donors (Lipinski definition) is 1. The zero-order chi connectivity index (χ0) is 23.9. The molecule has 6 nitrogen and oxygen atoms in total. The Hall–Kier alpha value is -3.06. The highest BCUT2D eigenvalue weighted by Crippen LogP contribution is 2.35.